The van der Waals surface area contributed by atoms with Crippen LogP contribution in [-0.2, 0) is 16.1 Å². The highest BCUT2D eigenvalue weighted by Crippen LogP contribution is 2.28. The fraction of sp³-hybridized carbons (Fsp3) is 0.375. The number of aromatic nitrogens is 4. The lowest BCUT2D eigenvalue weighted by atomic mass is 9.88. The summed E-state index contributed by atoms with van der Waals surface area (Å²) in [6.45, 7) is 3.55. The second-order valence-electron chi connectivity index (χ2n) is 8.97. The van der Waals surface area contributed by atoms with Crippen LogP contribution in [-0.4, -0.2) is 63.9 Å². The van der Waals surface area contributed by atoms with Crippen LogP contribution >= 0.6 is 11.6 Å². The van der Waals surface area contributed by atoms with E-state index < -0.39 is 0 Å². The van der Waals surface area contributed by atoms with E-state index in [2.05, 4.69) is 31.3 Å². The molecule has 35 heavy (non-hydrogen) atoms. The van der Waals surface area contributed by atoms with Gasteiger partial charge in [0, 0.05) is 36.0 Å². The van der Waals surface area contributed by atoms with E-state index in [4.69, 9.17) is 26.8 Å². The number of ether oxygens (including phenoxy) is 2. The summed E-state index contributed by atoms with van der Waals surface area (Å²) in [4.78, 5) is 22.8. The lowest BCUT2D eigenvalue weighted by Gasteiger charge is -2.37. The molecule has 0 radical (unpaired) electrons. The number of nitrogens with two attached hydrogens (primary N) is 1. The number of benzene rings is 1. The Labute approximate surface area is 206 Å². The van der Waals surface area contributed by atoms with Crippen molar-refractivity contribution in [2.45, 2.75) is 31.6 Å². The van der Waals surface area contributed by atoms with Crippen molar-refractivity contribution in [3.05, 3.63) is 53.1 Å². The number of aromatic amines is 1. The quantitative estimate of drug-likeness (QED) is 0.351. The molecule has 0 spiro atoms. The summed E-state index contributed by atoms with van der Waals surface area (Å²) in [6.07, 6.45) is 4.94. The van der Waals surface area contributed by atoms with Crippen LogP contribution in [0.1, 0.15) is 28.9 Å². The lowest BCUT2D eigenvalue weighted by Crippen LogP contribution is -2.51. The molecule has 6 rings (SSSR count). The number of rotatable bonds is 6. The number of carbonyl (C=O) groups is 1. The fourth-order valence-electron chi connectivity index (χ4n) is 4.71. The molecule has 3 aromatic heterocycles. The van der Waals surface area contributed by atoms with Crippen molar-refractivity contribution in [1.29, 1.82) is 0 Å². The van der Waals surface area contributed by atoms with Crippen LogP contribution < -0.4 is 16.0 Å². The Morgan fingerprint density at radius 3 is 2.94 bits per heavy atom. The zero-order chi connectivity index (χ0) is 23.9. The van der Waals surface area contributed by atoms with Gasteiger partial charge in [-0.1, -0.05) is 11.6 Å². The third-order valence-corrected chi connectivity index (χ3v) is 7.00. The molecule has 1 amide bonds. The zero-order valence-corrected chi connectivity index (χ0v) is 19.8. The van der Waals surface area contributed by atoms with Gasteiger partial charge >= 0.3 is 0 Å². The number of imidazole rings is 1. The molecule has 10 nitrogen and oxygen atoms in total. The largest absolute Gasteiger partial charge is 0.399 e. The third-order valence-electron chi connectivity index (χ3n) is 6.72. The van der Waals surface area contributed by atoms with Crippen molar-refractivity contribution in [2.24, 2.45) is 0 Å². The predicted octanol–water partition coefficient (Wildman–Crippen LogP) is 2.76. The monoisotopic (exact) mass is 495 g/mol. The smallest absolute Gasteiger partial charge is 0.271 e. The van der Waals surface area contributed by atoms with Gasteiger partial charge in [0.05, 0.1) is 43.7 Å². The minimum Gasteiger partial charge on any atom is -0.399 e. The first-order valence-electron chi connectivity index (χ1n) is 11.7. The summed E-state index contributed by atoms with van der Waals surface area (Å²) < 4.78 is 13.1. The number of hydrogen-bond acceptors (Lipinski definition) is 7. The molecule has 2 aliphatic rings. The Bertz CT molecular complexity index is 1390. The number of H-pyrrole nitrogens is 1. The summed E-state index contributed by atoms with van der Waals surface area (Å²) in [5.74, 6) is -0.260. The van der Waals surface area contributed by atoms with Gasteiger partial charge in [0.15, 0.2) is 16.5 Å². The van der Waals surface area contributed by atoms with Gasteiger partial charge in [-0.3, -0.25) is 4.79 Å². The van der Waals surface area contributed by atoms with E-state index in [0.717, 1.165) is 48.1 Å². The minimum atomic E-state index is -0.260. The Morgan fingerprint density at radius 1 is 1.29 bits per heavy atom. The Morgan fingerprint density at radius 2 is 2.14 bits per heavy atom. The van der Waals surface area contributed by atoms with E-state index in [1.807, 2.05) is 18.2 Å². The number of carbonyl (C=O) groups excluding carboxylic acids is 1. The fourth-order valence-corrected chi connectivity index (χ4v) is 4.94. The third kappa shape index (κ3) is 4.18. The molecule has 1 aromatic carbocycles. The summed E-state index contributed by atoms with van der Waals surface area (Å²) in [7, 11) is 0. The molecule has 2 atom stereocenters. The van der Waals surface area contributed by atoms with Crippen LogP contribution in [0.5, 0.6) is 0 Å². The topological polar surface area (TPSA) is 123 Å². The standard InChI is InChI=1S/C24H26ClN7O3/c25-22-17-3-4-27-21(17)23-28-12-19(32(23)30-22)24(33)29-18-1-2-20(18)35-13-14-9-15(26)11-16(10-14)31-5-7-34-8-6-31/h3-4,9-12,18,20,27H,1-2,5-8,13,26H2,(H,29,33)/t18-,20-/m1/s1. The lowest BCUT2D eigenvalue weighted by molar-refractivity contribution is -0.0339. The van der Waals surface area contributed by atoms with Crippen molar-refractivity contribution in [2.75, 3.05) is 36.9 Å². The van der Waals surface area contributed by atoms with Crippen molar-refractivity contribution in [3.8, 4) is 0 Å². The summed E-state index contributed by atoms with van der Waals surface area (Å²) >= 11 is 6.30. The molecule has 4 N–H and O–H groups in total. The average molecular weight is 496 g/mol. The minimum absolute atomic E-state index is 0.0712. The first-order valence-corrected chi connectivity index (χ1v) is 12.1. The van der Waals surface area contributed by atoms with E-state index in [1.165, 1.54) is 10.7 Å². The number of nitrogens with one attached hydrogen (secondary N) is 2. The van der Waals surface area contributed by atoms with Gasteiger partial charge in [0.1, 0.15) is 0 Å². The molecule has 1 saturated heterocycles. The van der Waals surface area contributed by atoms with Gasteiger partial charge in [0.25, 0.3) is 5.91 Å². The number of nitrogens with zero attached hydrogens (tertiary/aromatic N) is 4. The Kier molecular flexibility index (Phi) is 5.71. The number of anilines is 2. The normalized spacial score (nSPS) is 20.3. The van der Waals surface area contributed by atoms with Crippen LogP contribution in [0, 0.1) is 0 Å². The van der Waals surface area contributed by atoms with E-state index in [-0.39, 0.29) is 18.1 Å². The highest BCUT2D eigenvalue weighted by molar-refractivity contribution is 6.34. The van der Waals surface area contributed by atoms with Crippen molar-refractivity contribution >= 4 is 45.4 Å². The number of amides is 1. The van der Waals surface area contributed by atoms with Crippen molar-refractivity contribution in [1.82, 2.24) is 24.9 Å². The van der Waals surface area contributed by atoms with Gasteiger partial charge in [0.2, 0.25) is 0 Å². The van der Waals surface area contributed by atoms with Gasteiger partial charge in [-0.15, -0.1) is 0 Å². The molecular formula is C24H26ClN7O3. The number of halogens is 1. The molecule has 1 aliphatic carbocycles. The van der Waals surface area contributed by atoms with Crippen LogP contribution in [0.2, 0.25) is 5.15 Å². The van der Waals surface area contributed by atoms with Crippen molar-refractivity contribution in [3.63, 3.8) is 0 Å². The highest BCUT2D eigenvalue weighted by Gasteiger charge is 2.34. The first kappa shape index (κ1) is 22.1. The Balaban J connectivity index is 1.12. The van der Waals surface area contributed by atoms with E-state index in [1.54, 1.807) is 6.20 Å². The zero-order valence-electron chi connectivity index (χ0n) is 19.0. The summed E-state index contributed by atoms with van der Waals surface area (Å²) in [6, 6.07) is 7.78. The molecule has 0 unspecified atom stereocenters. The molecule has 1 saturated carbocycles. The number of hydrogen-bond donors (Lipinski definition) is 3. The van der Waals surface area contributed by atoms with Crippen LogP contribution in [0.4, 0.5) is 11.4 Å². The second-order valence-corrected chi connectivity index (χ2v) is 9.33. The Hall–Kier alpha value is -3.34. The molecule has 182 valence electrons. The molecule has 2 fully saturated rings. The average Bonchev–Trinajstić information content (AvgIpc) is 3.50. The van der Waals surface area contributed by atoms with Gasteiger partial charge < -0.3 is 30.4 Å². The number of morpholine rings is 1. The maximum Gasteiger partial charge on any atom is 0.271 e. The van der Waals surface area contributed by atoms with Crippen molar-refractivity contribution < 1.29 is 14.3 Å². The molecule has 1 aliphatic heterocycles. The number of fused-ring (bicyclic) bond motifs is 3. The molecule has 0 bridgehead atoms. The molecule has 4 heterocycles. The summed E-state index contributed by atoms with van der Waals surface area (Å²) in [5.41, 5.74) is 10.6. The maximum atomic E-state index is 13.0. The predicted molar refractivity (Wildman–Crippen MR) is 133 cm³/mol. The van der Waals surface area contributed by atoms with E-state index >= 15 is 0 Å². The van der Waals surface area contributed by atoms with E-state index in [0.29, 0.717) is 42.0 Å². The molecule has 11 heteroatoms. The summed E-state index contributed by atoms with van der Waals surface area (Å²) in [5, 5.41) is 8.49. The van der Waals surface area contributed by atoms with Gasteiger partial charge in [-0.05, 0) is 42.7 Å². The van der Waals surface area contributed by atoms with Crippen LogP contribution in [0.25, 0.3) is 16.6 Å². The molecule has 4 aromatic rings. The molecular weight excluding hydrogens is 470 g/mol. The first-order chi connectivity index (χ1) is 17.1. The van der Waals surface area contributed by atoms with Gasteiger partial charge in [-0.25, -0.2) is 9.50 Å². The van der Waals surface area contributed by atoms with E-state index in [9.17, 15) is 4.79 Å². The van der Waals surface area contributed by atoms with Crippen LogP contribution in [0.15, 0.2) is 36.7 Å². The second kappa shape index (κ2) is 9.03. The van der Waals surface area contributed by atoms with Crippen LogP contribution in [0.3, 0.4) is 0 Å². The number of nitrogen functional groups attached to an aromatic ring is 1. The SMILES string of the molecule is Nc1cc(CO[C@@H]2CC[C@H]2NC(=O)c2cnc3c4[nH]ccc4c(Cl)nn23)cc(N2CCOCC2)c1. The van der Waals surface area contributed by atoms with Gasteiger partial charge in [-0.2, -0.15) is 5.10 Å². The highest BCUT2D eigenvalue weighted by atomic mass is 35.5. The maximum absolute atomic E-state index is 13.0.